The normalized spacial score (nSPS) is 21.3. The van der Waals surface area contributed by atoms with Gasteiger partial charge in [0.15, 0.2) is 0 Å². The summed E-state index contributed by atoms with van der Waals surface area (Å²) >= 11 is 0. The Morgan fingerprint density at radius 3 is 2.60 bits per heavy atom. The molecule has 4 aliphatic heterocycles. The van der Waals surface area contributed by atoms with E-state index in [0.29, 0.717) is 31.7 Å². The number of hydrogen-bond acceptors (Lipinski definition) is 7. The Morgan fingerprint density at radius 1 is 1.04 bits per heavy atom. The van der Waals surface area contributed by atoms with E-state index in [-0.39, 0.29) is 11.5 Å². The highest BCUT2D eigenvalue weighted by atomic mass is 31.2. The van der Waals surface area contributed by atoms with Crippen LogP contribution in [0.25, 0.3) is 16.8 Å². The van der Waals surface area contributed by atoms with Crippen molar-refractivity contribution in [2.75, 3.05) is 43.1 Å². The van der Waals surface area contributed by atoms with Gasteiger partial charge in [-0.15, -0.1) is 0 Å². The smallest absolute Gasteiger partial charge is 0.259 e. The largest absolute Gasteiger partial charge is 0.485 e. The topological polar surface area (TPSA) is 70.0 Å². The lowest BCUT2D eigenvalue weighted by molar-refractivity contribution is 0.174. The molecule has 3 unspecified atom stereocenters. The average Bonchev–Trinajstić information content (AvgIpc) is 3.19. The molecule has 53 heavy (non-hydrogen) atoms. The van der Waals surface area contributed by atoms with E-state index in [1.807, 2.05) is 0 Å². The van der Waals surface area contributed by atoms with Gasteiger partial charge in [0.2, 0.25) is 0 Å². The predicted octanol–water partition coefficient (Wildman–Crippen LogP) is 10.9. The van der Waals surface area contributed by atoms with Crippen molar-refractivity contribution in [1.29, 1.82) is 5.26 Å². The summed E-state index contributed by atoms with van der Waals surface area (Å²) in [6.07, 6.45) is 12.3. The fraction of sp³-hybridized carbons (Fsp3) is 0.533. The van der Waals surface area contributed by atoms with Crippen LogP contribution in [0.4, 0.5) is 11.4 Å². The van der Waals surface area contributed by atoms with Gasteiger partial charge in [0.25, 0.3) is 8.53 Å². The third kappa shape index (κ3) is 7.63. The van der Waals surface area contributed by atoms with Crippen molar-refractivity contribution in [3.63, 3.8) is 0 Å². The maximum absolute atomic E-state index is 9.10. The van der Waals surface area contributed by atoms with Crippen LogP contribution in [0.5, 0.6) is 5.75 Å². The summed E-state index contributed by atoms with van der Waals surface area (Å²) in [5.41, 5.74) is 10.3. The van der Waals surface area contributed by atoms with Crippen LogP contribution in [0, 0.1) is 11.3 Å². The van der Waals surface area contributed by atoms with Gasteiger partial charge in [-0.2, -0.15) is 5.26 Å². The lowest BCUT2D eigenvalue weighted by atomic mass is 9.68. The molecular weight excluding hydrogens is 675 g/mol. The van der Waals surface area contributed by atoms with Crippen LogP contribution in [0.3, 0.4) is 0 Å². The lowest BCUT2D eigenvalue weighted by Gasteiger charge is -2.41. The van der Waals surface area contributed by atoms with Gasteiger partial charge in [0.05, 0.1) is 25.7 Å². The Balaban J connectivity index is 1.16. The summed E-state index contributed by atoms with van der Waals surface area (Å²) in [5.74, 6) is 1.12. The number of aryl methyl sites for hydroxylation is 1. The first-order valence-corrected chi connectivity index (χ1v) is 21.3. The zero-order valence-corrected chi connectivity index (χ0v) is 33.6. The molecule has 0 aliphatic carbocycles. The van der Waals surface area contributed by atoms with Crippen LogP contribution >= 0.6 is 8.53 Å². The molecule has 3 aromatic carbocycles. The second kappa shape index (κ2) is 16.5. The first-order chi connectivity index (χ1) is 25.7. The SMILES string of the molecule is C=C1C2=Cc3cc4c5c(c3OC2CCNc2c(ccc3ccccc23)C1(C)CCCCCOP(OCCC#N)N(C(C)C)C(C)C)CCCN5CCC4. The number of unbranched alkanes of at least 4 members (excludes halogenated alkanes) is 2. The highest BCUT2D eigenvalue weighted by Gasteiger charge is 2.40. The van der Waals surface area contributed by atoms with Gasteiger partial charge in [-0.05, 0) is 106 Å². The molecule has 0 fully saturated rings. The molecule has 4 aliphatic rings. The van der Waals surface area contributed by atoms with Crippen molar-refractivity contribution in [3.8, 4) is 11.8 Å². The first kappa shape index (κ1) is 37.9. The Kier molecular flexibility index (Phi) is 11.8. The molecule has 0 saturated heterocycles. The standard InChI is InChI=1S/C45H59N4O3P/c1-31(2)49(32(3)4)53(51-28-14-23-46)50-27-11-7-10-22-45(6)33(5)39-30-36-29-35-16-12-25-48-26-13-18-38(43(35)48)44(36)52-41(39)21-24-47-42-37-17-9-8-15-34(37)19-20-40(42)45/h8-9,15,17,19-20,29-32,41,47H,5,7,10-14,16,18,21-22,24-28H2,1-4,6H3. The van der Waals surface area contributed by atoms with Crippen molar-refractivity contribution in [2.45, 2.75) is 122 Å². The molecule has 3 aromatic rings. The number of hydrogen-bond donors (Lipinski definition) is 1. The molecule has 282 valence electrons. The van der Waals surface area contributed by atoms with E-state index in [4.69, 9.17) is 25.6 Å². The summed E-state index contributed by atoms with van der Waals surface area (Å²) in [4.78, 5) is 2.61. The molecular formula is C45H59N4O3P. The lowest BCUT2D eigenvalue weighted by Crippen LogP contribution is -2.36. The van der Waals surface area contributed by atoms with Gasteiger partial charge >= 0.3 is 0 Å². The summed E-state index contributed by atoms with van der Waals surface area (Å²) in [7, 11) is -1.23. The highest BCUT2D eigenvalue weighted by Crippen LogP contribution is 2.52. The van der Waals surface area contributed by atoms with E-state index in [0.717, 1.165) is 70.3 Å². The Bertz CT molecular complexity index is 1870. The molecule has 0 bridgehead atoms. The Hall–Kier alpha value is -3.40. The second-order valence-corrected chi connectivity index (χ2v) is 17.6. The van der Waals surface area contributed by atoms with Crippen molar-refractivity contribution < 1.29 is 13.8 Å². The van der Waals surface area contributed by atoms with Crippen molar-refractivity contribution in [2.24, 2.45) is 0 Å². The van der Waals surface area contributed by atoms with E-state index in [1.165, 1.54) is 68.4 Å². The van der Waals surface area contributed by atoms with Crippen LogP contribution in [-0.4, -0.2) is 55.7 Å². The van der Waals surface area contributed by atoms with Gasteiger partial charge in [-0.3, -0.25) is 0 Å². The number of benzene rings is 3. The Labute approximate surface area is 319 Å². The van der Waals surface area contributed by atoms with Gasteiger partial charge in [0, 0.05) is 71.4 Å². The van der Waals surface area contributed by atoms with Gasteiger partial charge < -0.3 is 24.0 Å². The molecule has 7 nitrogen and oxygen atoms in total. The zero-order chi connectivity index (χ0) is 37.1. The van der Waals surface area contributed by atoms with Crippen LogP contribution in [0.1, 0.15) is 108 Å². The minimum Gasteiger partial charge on any atom is -0.485 e. The van der Waals surface area contributed by atoms with Crippen molar-refractivity contribution in [3.05, 3.63) is 82.4 Å². The van der Waals surface area contributed by atoms with E-state index in [2.05, 4.69) is 104 Å². The quantitative estimate of drug-likeness (QED) is 0.138. The van der Waals surface area contributed by atoms with Crippen molar-refractivity contribution in [1.82, 2.24) is 4.67 Å². The molecule has 4 heterocycles. The summed E-state index contributed by atoms with van der Waals surface area (Å²) in [6.45, 7) is 20.3. The summed E-state index contributed by atoms with van der Waals surface area (Å²) < 4.78 is 22.1. The van der Waals surface area contributed by atoms with E-state index >= 15 is 0 Å². The number of nitrogens with zero attached hydrogens (tertiary/aromatic N) is 3. The minimum atomic E-state index is -1.23. The number of nitrogens with one attached hydrogen (secondary N) is 1. The van der Waals surface area contributed by atoms with E-state index in [1.54, 1.807) is 0 Å². The average molecular weight is 735 g/mol. The molecule has 8 heteroatoms. The third-order valence-electron chi connectivity index (χ3n) is 11.9. The number of rotatable bonds is 13. The number of ether oxygens (including phenoxy) is 1. The highest BCUT2D eigenvalue weighted by molar-refractivity contribution is 7.44. The minimum absolute atomic E-state index is 0.0470. The van der Waals surface area contributed by atoms with Crippen molar-refractivity contribution >= 4 is 36.7 Å². The fourth-order valence-electron chi connectivity index (χ4n) is 9.29. The van der Waals surface area contributed by atoms with E-state index < -0.39 is 8.53 Å². The summed E-state index contributed by atoms with van der Waals surface area (Å²) in [5, 5.41) is 15.6. The molecule has 7 rings (SSSR count). The van der Waals surface area contributed by atoms with Crippen LogP contribution in [-0.2, 0) is 27.3 Å². The van der Waals surface area contributed by atoms with Gasteiger partial charge in [-0.1, -0.05) is 62.7 Å². The van der Waals surface area contributed by atoms with Gasteiger partial charge in [0.1, 0.15) is 11.9 Å². The fourth-order valence-corrected chi connectivity index (χ4v) is 10.9. The second-order valence-electron chi connectivity index (χ2n) is 16.1. The molecule has 3 atom stereocenters. The number of fused-ring (bicyclic) bond motifs is 6. The molecule has 1 N–H and O–H groups in total. The maximum atomic E-state index is 9.10. The monoisotopic (exact) mass is 734 g/mol. The molecule has 0 aromatic heterocycles. The Morgan fingerprint density at radius 2 is 1.81 bits per heavy atom. The van der Waals surface area contributed by atoms with E-state index in [9.17, 15) is 0 Å². The van der Waals surface area contributed by atoms with Crippen LogP contribution in [0.2, 0.25) is 0 Å². The number of anilines is 2. The van der Waals surface area contributed by atoms with Gasteiger partial charge in [-0.25, -0.2) is 4.67 Å². The predicted molar refractivity (Wildman–Crippen MR) is 221 cm³/mol. The summed E-state index contributed by atoms with van der Waals surface area (Å²) in [6, 6.07) is 18.6. The van der Waals surface area contributed by atoms with Crippen LogP contribution in [0.15, 0.2) is 60.2 Å². The molecule has 0 saturated carbocycles. The van der Waals surface area contributed by atoms with Crippen LogP contribution < -0.4 is 15.0 Å². The third-order valence-corrected chi connectivity index (χ3v) is 14.0. The first-order valence-electron chi connectivity index (χ1n) is 20.2. The maximum Gasteiger partial charge on any atom is 0.259 e. The number of nitriles is 1. The molecule has 0 amide bonds. The molecule has 0 radical (unpaired) electrons. The zero-order valence-electron chi connectivity index (χ0n) is 32.7. The molecule has 0 spiro atoms.